The molecular formula is C20H25N3O5S. The molecule has 1 aliphatic rings. The van der Waals surface area contributed by atoms with Gasteiger partial charge in [0.2, 0.25) is 15.9 Å². The van der Waals surface area contributed by atoms with Crippen LogP contribution in [0.25, 0.3) is 0 Å². The number of methoxy groups -OCH3 is 1. The van der Waals surface area contributed by atoms with Gasteiger partial charge >= 0.3 is 0 Å². The highest BCUT2D eigenvalue weighted by molar-refractivity contribution is 7.92. The van der Waals surface area contributed by atoms with E-state index < -0.39 is 15.9 Å². The molecule has 0 unspecified atom stereocenters. The minimum Gasteiger partial charge on any atom is -0.497 e. The third-order valence-electron chi connectivity index (χ3n) is 4.56. The molecule has 9 heteroatoms. The number of carbonyl (C=O) groups is 1. The Labute approximate surface area is 171 Å². The molecule has 1 saturated heterocycles. The van der Waals surface area contributed by atoms with E-state index >= 15 is 0 Å². The Morgan fingerprint density at radius 2 is 1.86 bits per heavy atom. The highest BCUT2D eigenvalue weighted by atomic mass is 32.2. The Balaban J connectivity index is 1.68. The van der Waals surface area contributed by atoms with Gasteiger partial charge in [0.15, 0.2) is 0 Å². The Bertz CT molecular complexity index is 941. The van der Waals surface area contributed by atoms with Crippen LogP contribution < -0.4 is 19.3 Å². The van der Waals surface area contributed by atoms with Crippen molar-refractivity contribution in [2.24, 2.45) is 0 Å². The number of benzene rings is 2. The number of hydrogen-bond acceptors (Lipinski definition) is 6. The van der Waals surface area contributed by atoms with Crippen LogP contribution in [0, 0.1) is 0 Å². The van der Waals surface area contributed by atoms with Gasteiger partial charge in [0.1, 0.15) is 12.3 Å². The summed E-state index contributed by atoms with van der Waals surface area (Å²) in [5, 5.41) is 2.75. The molecule has 0 bridgehead atoms. The van der Waals surface area contributed by atoms with Crippen LogP contribution in [0.5, 0.6) is 5.75 Å². The minimum absolute atomic E-state index is 0.336. The normalized spacial score (nSPS) is 14.3. The van der Waals surface area contributed by atoms with Crippen LogP contribution in [0.3, 0.4) is 0 Å². The van der Waals surface area contributed by atoms with Gasteiger partial charge in [-0.25, -0.2) is 8.42 Å². The zero-order chi connectivity index (χ0) is 20.9. The molecule has 0 radical (unpaired) electrons. The molecule has 0 aliphatic carbocycles. The molecule has 1 aliphatic heterocycles. The second-order valence-corrected chi connectivity index (χ2v) is 8.57. The molecule has 0 atom stereocenters. The first-order valence-corrected chi connectivity index (χ1v) is 11.1. The summed E-state index contributed by atoms with van der Waals surface area (Å²) in [6.07, 6.45) is 1.07. The first-order valence-electron chi connectivity index (χ1n) is 9.21. The Morgan fingerprint density at radius 3 is 2.48 bits per heavy atom. The largest absolute Gasteiger partial charge is 0.497 e. The number of amides is 1. The number of sulfonamides is 1. The SMILES string of the molecule is COc1cccc(N(CC(=O)Nc2ccc(N3CCOCC3)cc2)S(C)(=O)=O)c1. The van der Waals surface area contributed by atoms with Gasteiger partial charge in [0.25, 0.3) is 0 Å². The van der Waals surface area contributed by atoms with E-state index in [0.717, 1.165) is 29.3 Å². The lowest BCUT2D eigenvalue weighted by Gasteiger charge is -2.29. The number of morpholine rings is 1. The zero-order valence-electron chi connectivity index (χ0n) is 16.5. The predicted octanol–water partition coefficient (Wildman–Crippen LogP) is 1.94. The van der Waals surface area contributed by atoms with Gasteiger partial charge < -0.3 is 19.7 Å². The van der Waals surface area contributed by atoms with Gasteiger partial charge in [-0.1, -0.05) is 6.07 Å². The summed E-state index contributed by atoms with van der Waals surface area (Å²) >= 11 is 0. The summed E-state index contributed by atoms with van der Waals surface area (Å²) in [5.74, 6) is 0.0765. The summed E-state index contributed by atoms with van der Waals surface area (Å²) in [6, 6.07) is 14.0. The molecule has 1 amide bonds. The van der Waals surface area contributed by atoms with Crippen LogP contribution in [0.2, 0.25) is 0 Å². The molecule has 1 N–H and O–H groups in total. The number of nitrogens with one attached hydrogen (secondary N) is 1. The van der Waals surface area contributed by atoms with Crippen LogP contribution in [0.1, 0.15) is 0 Å². The Kier molecular flexibility index (Phi) is 6.60. The summed E-state index contributed by atoms with van der Waals surface area (Å²) in [4.78, 5) is 14.7. The van der Waals surface area contributed by atoms with Gasteiger partial charge in [0.05, 0.1) is 32.3 Å². The third kappa shape index (κ3) is 5.61. The fourth-order valence-corrected chi connectivity index (χ4v) is 3.92. The molecule has 29 heavy (non-hydrogen) atoms. The minimum atomic E-state index is -3.65. The molecule has 0 spiro atoms. The predicted molar refractivity (Wildman–Crippen MR) is 113 cm³/mol. The van der Waals surface area contributed by atoms with E-state index in [1.54, 1.807) is 36.4 Å². The highest BCUT2D eigenvalue weighted by Crippen LogP contribution is 2.23. The lowest BCUT2D eigenvalue weighted by Crippen LogP contribution is -2.37. The fraction of sp³-hybridized carbons (Fsp3) is 0.350. The zero-order valence-corrected chi connectivity index (χ0v) is 17.3. The lowest BCUT2D eigenvalue weighted by molar-refractivity contribution is -0.114. The molecule has 2 aromatic rings. The van der Waals surface area contributed by atoms with Gasteiger partial charge in [-0.05, 0) is 36.4 Å². The Hall–Kier alpha value is -2.78. The maximum Gasteiger partial charge on any atom is 0.245 e. The summed E-state index contributed by atoms with van der Waals surface area (Å²) in [5.41, 5.74) is 2.02. The second-order valence-electron chi connectivity index (χ2n) is 6.67. The van der Waals surface area contributed by atoms with Gasteiger partial charge in [-0.2, -0.15) is 0 Å². The highest BCUT2D eigenvalue weighted by Gasteiger charge is 2.21. The molecule has 3 rings (SSSR count). The monoisotopic (exact) mass is 419 g/mol. The van der Waals surface area contributed by atoms with Crippen LogP contribution in [0.15, 0.2) is 48.5 Å². The number of nitrogens with zero attached hydrogens (tertiary/aromatic N) is 2. The second kappa shape index (κ2) is 9.15. The molecule has 0 saturated carbocycles. The van der Waals surface area contributed by atoms with Crippen molar-refractivity contribution >= 4 is 33.0 Å². The van der Waals surface area contributed by atoms with E-state index in [1.807, 2.05) is 12.1 Å². The van der Waals surface area contributed by atoms with E-state index in [1.165, 1.54) is 7.11 Å². The van der Waals surface area contributed by atoms with Crippen LogP contribution in [-0.4, -0.2) is 60.5 Å². The Morgan fingerprint density at radius 1 is 1.17 bits per heavy atom. The van der Waals surface area contributed by atoms with Crippen molar-refractivity contribution in [3.05, 3.63) is 48.5 Å². The number of hydrogen-bond donors (Lipinski definition) is 1. The summed E-state index contributed by atoms with van der Waals surface area (Å²) in [7, 11) is -2.16. The molecule has 0 aromatic heterocycles. The van der Waals surface area contributed by atoms with E-state index in [2.05, 4.69) is 10.2 Å². The quantitative estimate of drug-likeness (QED) is 0.738. The first-order chi connectivity index (χ1) is 13.9. The van der Waals surface area contributed by atoms with Gasteiger partial charge in [-0.3, -0.25) is 9.10 Å². The standard InChI is InChI=1S/C20H25N3O5S/c1-27-19-5-3-4-18(14-19)23(29(2,25)26)15-20(24)21-16-6-8-17(9-7-16)22-10-12-28-13-11-22/h3-9,14H,10-13,15H2,1-2H3,(H,21,24). The van der Waals surface area contributed by atoms with E-state index in [0.29, 0.717) is 30.3 Å². The molecule has 2 aromatic carbocycles. The smallest absolute Gasteiger partial charge is 0.245 e. The summed E-state index contributed by atoms with van der Waals surface area (Å²) < 4.78 is 36.0. The van der Waals surface area contributed by atoms with Crippen LogP contribution in [-0.2, 0) is 19.6 Å². The van der Waals surface area contributed by atoms with E-state index in [9.17, 15) is 13.2 Å². The average molecular weight is 420 g/mol. The molecule has 156 valence electrons. The topological polar surface area (TPSA) is 88.2 Å². The first kappa shape index (κ1) is 20.9. The van der Waals surface area contributed by atoms with Crippen molar-refractivity contribution in [1.82, 2.24) is 0 Å². The van der Waals surface area contributed by atoms with Crippen molar-refractivity contribution in [3.63, 3.8) is 0 Å². The average Bonchev–Trinajstić information content (AvgIpc) is 2.72. The van der Waals surface area contributed by atoms with Crippen molar-refractivity contribution < 1.29 is 22.7 Å². The maximum atomic E-state index is 12.5. The van der Waals surface area contributed by atoms with Gasteiger partial charge in [-0.15, -0.1) is 0 Å². The van der Waals surface area contributed by atoms with Crippen LogP contribution in [0.4, 0.5) is 17.1 Å². The van der Waals surface area contributed by atoms with Crippen molar-refractivity contribution in [3.8, 4) is 5.75 Å². The summed E-state index contributed by atoms with van der Waals surface area (Å²) in [6.45, 7) is 2.72. The number of rotatable bonds is 7. The van der Waals surface area contributed by atoms with E-state index in [4.69, 9.17) is 9.47 Å². The fourth-order valence-electron chi connectivity index (χ4n) is 3.07. The van der Waals surface area contributed by atoms with E-state index in [-0.39, 0.29) is 6.54 Å². The third-order valence-corrected chi connectivity index (χ3v) is 5.70. The van der Waals surface area contributed by atoms with Crippen molar-refractivity contribution in [1.29, 1.82) is 0 Å². The van der Waals surface area contributed by atoms with Gasteiger partial charge in [0, 0.05) is 30.5 Å². The number of anilines is 3. The lowest BCUT2D eigenvalue weighted by atomic mass is 10.2. The maximum absolute atomic E-state index is 12.5. The van der Waals surface area contributed by atoms with Crippen LogP contribution >= 0.6 is 0 Å². The molecular weight excluding hydrogens is 394 g/mol. The number of carbonyl (C=O) groups excluding carboxylic acids is 1. The van der Waals surface area contributed by atoms with Crippen molar-refractivity contribution in [2.75, 3.05) is 60.7 Å². The molecule has 1 fully saturated rings. The molecule has 1 heterocycles. The number of ether oxygens (including phenoxy) is 2. The molecule has 8 nitrogen and oxygen atoms in total. The van der Waals surface area contributed by atoms with Crippen molar-refractivity contribution in [2.45, 2.75) is 0 Å².